The summed E-state index contributed by atoms with van der Waals surface area (Å²) in [7, 11) is 0. The lowest BCUT2D eigenvalue weighted by atomic mass is 10.1. The van der Waals surface area contributed by atoms with E-state index in [1.165, 1.54) is 12.1 Å². The number of H-pyrrole nitrogens is 1. The fourth-order valence-electron chi connectivity index (χ4n) is 6.09. The normalized spacial score (nSPS) is 11.1. The second-order valence-electron chi connectivity index (χ2n) is 12.3. The molecule has 7 aromatic rings. The molecule has 0 amide bonds. The zero-order chi connectivity index (χ0) is 37.0. The summed E-state index contributed by atoms with van der Waals surface area (Å²) in [5.41, 5.74) is 9.89. The van der Waals surface area contributed by atoms with Crippen molar-refractivity contribution in [3.05, 3.63) is 184 Å². The number of thiophene rings is 1. The van der Waals surface area contributed by atoms with Crippen molar-refractivity contribution in [3.63, 3.8) is 0 Å². The molecule has 0 unspecified atom stereocenters. The van der Waals surface area contributed by atoms with E-state index in [0.717, 1.165) is 37.1 Å². The smallest absolute Gasteiger partial charge is 0.123 e. The number of aromatic nitrogens is 6. The quantitative estimate of drug-likeness (QED) is 0.171. The average molecular weight is 725 g/mol. The molecule has 8 heterocycles. The maximum Gasteiger partial charge on any atom is 0.123 e. The minimum Gasteiger partial charge on any atom is -0.354 e. The van der Waals surface area contributed by atoms with Crippen LogP contribution in [-0.4, -0.2) is 29.9 Å². The van der Waals surface area contributed by atoms with Gasteiger partial charge in [-0.15, -0.1) is 11.3 Å². The van der Waals surface area contributed by atoms with E-state index in [0.29, 0.717) is 51.0 Å². The molecule has 2 aliphatic heterocycles. The Bertz CT molecular complexity index is 2880. The number of hydrogen-bond donors (Lipinski definition) is 1. The minimum absolute atomic E-state index is 0.311. The van der Waals surface area contributed by atoms with E-state index in [2.05, 4.69) is 61.5 Å². The van der Waals surface area contributed by atoms with Crippen LogP contribution in [0.4, 0.5) is 4.39 Å². The Hall–Kier alpha value is -7.70. The van der Waals surface area contributed by atoms with Crippen LogP contribution in [0, 0.1) is 41.3 Å². The molecule has 8 heteroatoms. The SMILES string of the molecule is Fc1ccc(-c2c3ccc([nH]3)c(C#Cc3ccccn3)c3nc(c(C#Cc4ccccn4)c4nc(c(C#Cc5ccccn5)c5ccc2s5)C=C4)C=C3)cc1. The molecule has 9 rings (SSSR count). The number of benzene rings is 1. The standard InChI is InChI=1S/C47H25FN6S/c48-32-12-10-31(11-13-32)47-44-25-24-42(54-44)37(18-15-34-8-2-5-29-50-34)40-21-20-39(52-40)36(17-14-33-7-1-4-28-49-33)41-22-23-43(53-41)38(45-26-27-46(47)55-45)19-16-35-9-3-6-30-51-35/h1-13,20-30,54H. The van der Waals surface area contributed by atoms with Crippen LogP contribution in [0.15, 0.2) is 122 Å². The number of nitrogens with zero attached hydrogens (tertiary/aromatic N) is 5. The highest BCUT2D eigenvalue weighted by Gasteiger charge is 2.16. The summed E-state index contributed by atoms with van der Waals surface area (Å²) >= 11 is 1.58. The predicted molar refractivity (Wildman–Crippen MR) is 218 cm³/mol. The number of fused-ring (bicyclic) bond motifs is 8. The first kappa shape index (κ1) is 33.2. The van der Waals surface area contributed by atoms with Gasteiger partial charge in [0.05, 0.1) is 45.0 Å². The lowest BCUT2D eigenvalue weighted by molar-refractivity contribution is 0.628. The van der Waals surface area contributed by atoms with Crippen molar-refractivity contribution in [2.45, 2.75) is 0 Å². The van der Waals surface area contributed by atoms with Crippen LogP contribution >= 0.6 is 11.3 Å². The lowest BCUT2D eigenvalue weighted by Gasteiger charge is -2.02. The topological polar surface area (TPSA) is 80.2 Å². The monoisotopic (exact) mass is 724 g/mol. The Labute approximate surface area is 319 Å². The van der Waals surface area contributed by atoms with Crippen molar-refractivity contribution in [2.24, 2.45) is 0 Å². The van der Waals surface area contributed by atoms with Crippen LogP contribution in [0.25, 0.3) is 55.9 Å². The Morgan fingerprint density at radius 3 is 1.51 bits per heavy atom. The van der Waals surface area contributed by atoms with E-state index in [4.69, 9.17) is 9.97 Å². The molecule has 0 spiro atoms. The fraction of sp³-hybridized carbons (Fsp3) is 0. The van der Waals surface area contributed by atoms with E-state index in [1.807, 2.05) is 97.1 Å². The number of nitrogens with one attached hydrogen (secondary N) is 1. The van der Waals surface area contributed by atoms with Crippen molar-refractivity contribution in [2.75, 3.05) is 0 Å². The van der Waals surface area contributed by atoms with Gasteiger partial charge in [-0.1, -0.05) is 48.1 Å². The molecular weight excluding hydrogens is 700 g/mol. The van der Waals surface area contributed by atoms with Gasteiger partial charge in [0.2, 0.25) is 0 Å². The molecule has 1 aromatic carbocycles. The molecule has 0 fully saturated rings. The maximum absolute atomic E-state index is 14.2. The minimum atomic E-state index is -0.311. The molecule has 0 atom stereocenters. The second-order valence-corrected chi connectivity index (χ2v) is 13.4. The van der Waals surface area contributed by atoms with Gasteiger partial charge in [0, 0.05) is 39.1 Å². The number of rotatable bonds is 1. The lowest BCUT2D eigenvalue weighted by Crippen LogP contribution is -1.91. The van der Waals surface area contributed by atoms with Crippen molar-refractivity contribution >= 4 is 56.1 Å². The highest BCUT2D eigenvalue weighted by atomic mass is 32.1. The summed E-state index contributed by atoms with van der Waals surface area (Å²) < 4.78 is 16.1. The molecule has 1 N–H and O–H groups in total. The van der Waals surface area contributed by atoms with Gasteiger partial charge in [-0.05, 0) is 120 Å². The van der Waals surface area contributed by atoms with Gasteiger partial charge in [-0.3, -0.25) is 0 Å². The van der Waals surface area contributed by atoms with E-state index >= 15 is 0 Å². The maximum atomic E-state index is 14.2. The number of pyridine rings is 3. The van der Waals surface area contributed by atoms with Gasteiger partial charge in [0.15, 0.2) is 0 Å². The molecule has 55 heavy (non-hydrogen) atoms. The molecule has 0 saturated heterocycles. The Balaban J connectivity index is 1.40. The summed E-state index contributed by atoms with van der Waals surface area (Å²) in [6, 6.07) is 31.6. The van der Waals surface area contributed by atoms with Gasteiger partial charge >= 0.3 is 0 Å². The average Bonchev–Trinajstić information content (AvgIpc) is 4.07. The van der Waals surface area contributed by atoms with Crippen molar-refractivity contribution in [1.29, 1.82) is 0 Å². The molecule has 6 aromatic heterocycles. The highest BCUT2D eigenvalue weighted by molar-refractivity contribution is 7.24. The zero-order valence-electron chi connectivity index (χ0n) is 28.9. The van der Waals surface area contributed by atoms with Crippen LogP contribution < -0.4 is 0 Å². The van der Waals surface area contributed by atoms with Crippen LogP contribution in [0.3, 0.4) is 0 Å². The summed E-state index contributed by atoms with van der Waals surface area (Å²) in [6.45, 7) is 0. The highest BCUT2D eigenvalue weighted by Crippen LogP contribution is 2.35. The van der Waals surface area contributed by atoms with Gasteiger partial charge in [-0.25, -0.2) is 29.3 Å². The van der Waals surface area contributed by atoms with E-state index in [9.17, 15) is 4.39 Å². The first-order valence-electron chi connectivity index (χ1n) is 17.3. The second kappa shape index (κ2) is 14.7. The van der Waals surface area contributed by atoms with Crippen LogP contribution in [-0.2, 0) is 0 Å². The van der Waals surface area contributed by atoms with E-state index in [-0.39, 0.29) is 5.82 Å². The predicted octanol–water partition coefficient (Wildman–Crippen LogP) is 9.58. The fourth-order valence-corrected chi connectivity index (χ4v) is 7.19. The molecule has 0 radical (unpaired) electrons. The van der Waals surface area contributed by atoms with Gasteiger partial charge in [-0.2, -0.15) is 0 Å². The Kier molecular flexibility index (Phi) is 8.88. The summed E-state index contributed by atoms with van der Waals surface area (Å²) in [4.78, 5) is 27.2. The van der Waals surface area contributed by atoms with Gasteiger partial charge in [0.1, 0.15) is 22.9 Å². The van der Waals surface area contributed by atoms with Crippen molar-refractivity contribution < 1.29 is 4.39 Å². The van der Waals surface area contributed by atoms with Crippen molar-refractivity contribution in [3.8, 4) is 46.6 Å². The summed E-state index contributed by atoms with van der Waals surface area (Å²) in [5, 5.41) is 0. The third-order valence-electron chi connectivity index (χ3n) is 8.70. The molecule has 2 aliphatic rings. The Morgan fingerprint density at radius 1 is 0.455 bits per heavy atom. The molecular formula is C47H25FN6S. The number of halogens is 1. The van der Waals surface area contributed by atoms with Crippen LogP contribution in [0.5, 0.6) is 0 Å². The first-order chi connectivity index (χ1) is 27.1. The van der Waals surface area contributed by atoms with E-state index < -0.39 is 0 Å². The van der Waals surface area contributed by atoms with Crippen LogP contribution in [0.2, 0.25) is 0 Å². The molecule has 0 aliphatic carbocycles. The Morgan fingerprint density at radius 2 is 0.945 bits per heavy atom. The van der Waals surface area contributed by atoms with Gasteiger partial charge < -0.3 is 4.98 Å². The summed E-state index contributed by atoms with van der Waals surface area (Å²) in [5.74, 6) is 19.4. The summed E-state index contributed by atoms with van der Waals surface area (Å²) in [6.07, 6.45) is 12.9. The third-order valence-corrected chi connectivity index (χ3v) is 9.82. The van der Waals surface area contributed by atoms with Gasteiger partial charge in [0.25, 0.3) is 0 Å². The molecule has 0 saturated carbocycles. The molecule has 6 nitrogen and oxygen atoms in total. The number of hydrogen-bond acceptors (Lipinski definition) is 6. The van der Waals surface area contributed by atoms with Crippen LogP contribution in [0.1, 0.15) is 56.5 Å². The molecule has 256 valence electrons. The van der Waals surface area contributed by atoms with Crippen molar-refractivity contribution in [1.82, 2.24) is 29.9 Å². The van der Waals surface area contributed by atoms with E-state index in [1.54, 1.807) is 42.1 Å². The zero-order valence-corrected chi connectivity index (χ0v) is 29.7. The third kappa shape index (κ3) is 7.08. The largest absolute Gasteiger partial charge is 0.354 e. The number of aromatic amines is 1. The first-order valence-corrected chi connectivity index (χ1v) is 18.1. The molecule has 8 bridgehead atoms.